The first-order chi connectivity index (χ1) is 9.27. The molecular formula is C17H22N2. The number of unbranched alkanes of at least 4 members (excludes halogenated alkanes) is 2. The van der Waals surface area contributed by atoms with E-state index in [4.69, 9.17) is 5.73 Å². The quantitative estimate of drug-likeness (QED) is 0.617. The van der Waals surface area contributed by atoms with Crippen molar-refractivity contribution in [1.82, 2.24) is 4.98 Å². The molecule has 1 aromatic carbocycles. The van der Waals surface area contributed by atoms with Crippen LogP contribution in [0.5, 0.6) is 0 Å². The van der Waals surface area contributed by atoms with Gasteiger partial charge in [-0.25, -0.2) is 4.98 Å². The fourth-order valence-electron chi connectivity index (χ4n) is 2.55. The van der Waals surface area contributed by atoms with Crippen LogP contribution in [-0.2, 0) is 12.8 Å². The van der Waals surface area contributed by atoms with Crippen LogP contribution in [-0.4, -0.2) is 4.98 Å². The lowest BCUT2D eigenvalue weighted by Crippen LogP contribution is -2.04. The number of nitrogen functional groups attached to an aromatic ring is 1. The lowest BCUT2D eigenvalue weighted by molar-refractivity contribution is 0.715. The average Bonchev–Trinajstić information content (AvgIpc) is 2.42. The summed E-state index contributed by atoms with van der Waals surface area (Å²) in [7, 11) is 0. The molecule has 1 aromatic heterocycles. The molecule has 0 bridgehead atoms. The molecule has 0 spiro atoms. The standard InChI is InChI=1S/C17H22N2/c1-3-5-6-11-15-13(9-4-2)14-10-7-8-12-16(14)19-17(15)18/h4,7-8,10,12H,2-3,5-6,9,11H2,1H3,(H2,18,19). The van der Waals surface area contributed by atoms with Crippen molar-refractivity contribution in [2.75, 3.05) is 5.73 Å². The molecule has 2 aromatic rings. The van der Waals surface area contributed by atoms with Gasteiger partial charge >= 0.3 is 0 Å². The molecule has 0 fully saturated rings. The summed E-state index contributed by atoms with van der Waals surface area (Å²) in [5.41, 5.74) is 9.65. The van der Waals surface area contributed by atoms with E-state index in [2.05, 4.69) is 30.6 Å². The van der Waals surface area contributed by atoms with Crippen LogP contribution >= 0.6 is 0 Å². The second-order valence-electron chi connectivity index (χ2n) is 4.92. The van der Waals surface area contributed by atoms with Crippen LogP contribution < -0.4 is 5.73 Å². The SMILES string of the molecule is C=CCc1c(CCCCC)c(N)nc2ccccc12. The Labute approximate surface area is 115 Å². The van der Waals surface area contributed by atoms with Crippen molar-refractivity contribution in [2.45, 2.75) is 39.0 Å². The molecule has 2 heteroatoms. The molecular weight excluding hydrogens is 232 g/mol. The first kappa shape index (κ1) is 13.6. The van der Waals surface area contributed by atoms with Gasteiger partial charge < -0.3 is 5.73 Å². The van der Waals surface area contributed by atoms with Crippen LogP contribution in [0.4, 0.5) is 5.82 Å². The van der Waals surface area contributed by atoms with E-state index in [-0.39, 0.29) is 0 Å². The molecule has 1 heterocycles. The second kappa shape index (κ2) is 6.37. The predicted octanol–water partition coefficient (Wildman–Crippen LogP) is 4.28. The summed E-state index contributed by atoms with van der Waals surface area (Å²) in [4.78, 5) is 4.54. The minimum absolute atomic E-state index is 0.687. The van der Waals surface area contributed by atoms with Crippen LogP contribution in [0.1, 0.15) is 37.3 Å². The van der Waals surface area contributed by atoms with Crippen LogP contribution in [0.15, 0.2) is 36.9 Å². The van der Waals surface area contributed by atoms with Crippen molar-refractivity contribution in [3.05, 3.63) is 48.0 Å². The molecule has 0 radical (unpaired) electrons. The number of nitrogens with zero attached hydrogens (tertiary/aromatic N) is 1. The van der Waals surface area contributed by atoms with Crippen LogP contribution in [0.25, 0.3) is 10.9 Å². The van der Waals surface area contributed by atoms with Gasteiger partial charge in [0.05, 0.1) is 5.52 Å². The molecule has 2 rings (SSSR count). The number of benzene rings is 1. The highest BCUT2D eigenvalue weighted by Gasteiger charge is 2.11. The molecule has 19 heavy (non-hydrogen) atoms. The van der Waals surface area contributed by atoms with E-state index in [1.165, 1.54) is 35.8 Å². The summed E-state index contributed by atoms with van der Waals surface area (Å²) in [5, 5.41) is 1.21. The number of rotatable bonds is 6. The first-order valence-electron chi connectivity index (χ1n) is 7.04. The zero-order chi connectivity index (χ0) is 13.7. The maximum absolute atomic E-state index is 6.15. The van der Waals surface area contributed by atoms with E-state index >= 15 is 0 Å². The molecule has 0 aliphatic heterocycles. The molecule has 100 valence electrons. The number of anilines is 1. The third-order valence-electron chi connectivity index (χ3n) is 3.52. The summed E-state index contributed by atoms with van der Waals surface area (Å²) in [6.45, 7) is 6.08. The van der Waals surface area contributed by atoms with Crippen molar-refractivity contribution in [2.24, 2.45) is 0 Å². The normalized spacial score (nSPS) is 10.8. The van der Waals surface area contributed by atoms with E-state index < -0.39 is 0 Å². The number of hydrogen-bond acceptors (Lipinski definition) is 2. The van der Waals surface area contributed by atoms with Crippen molar-refractivity contribution < 1.29 is 0 Å². The molecule has 0 atom stereocenters. The Morgan fingerprint density at radius 2 is 2.00 bits per heavy atom. The maximum Gasteiger partial charge on any atom is 0.127 e. The minimum atomic E-state index is 0.687. The lowest BCUT2D eigenvalue weighted by atomic mass is 9.96. The van der Waals surface area contributed by atoms with Gasteiger partial charge in [0.1, 0.15) is 5.82 Å². The van der Waals surface area contributed by atoms with E-state index in [0.29, 0.717) is 5.82 Å². The zero-order valence-electron chi connectivity index (χ0n) is 11.7. The largest absolute Gasteiger partial charge is 0.383 e. The Kier molecular flexibility index (Phi) is 4.56. The molecule has 0 saturated carbocycles. The highest BCUT2D eigenvalue weighted by molar-refractivity contribution is 5.85. The van der Waals surface area contributed by atoms with Gasteiger partial charge in [-0.3, -0.25) is 0 Å². The number of pyridine rings is 1. The summed E-state index contributed by atoms with van der Waals surface area (Å²) >= 11 is 0. The third kappa shape index (κ3) is 2.95. The Balaban J connectivity index is 2.50. The van der Waals surface area contributed by atoms with Gasteiger partial charge in [-0.15, -0.1) is 6.58 Å². The van der Waals surface area contributed by atoms with E-state index in [1.54, 1.807) is 0 Å². The molecule has 2 nitrogen and oxygen atoms in total. The second-order valence-corrected chi connectivity index (χ2v) is 4.92. The van der Waals surface area contributed by atoms with E-state index in [9.17, 15) is 0 Å². The molecule has 0 unspecified atom stereocenters. The Morgan fingerprint density at radius 3 is 2.74 bits per heavy atom. The summed E-state index contributed by atoms with van der Waals surface area (Å²) in [6, 6.07) is 8.21. The molecule has 2 N–H and O–H groups in total. The summed E-state index contributed by atoms with van der Waals surface area (Å²) in [5.74, 6) is 0.687. The monoisotopic (exact) mass is 254 g/mol. The first-order valence-corrected chi connectivity index (χ1v) is 7.04. The molecule has 0 aliphatic rings. The zero-order valence-corrected chi connectivity index (χ0v) is 11.7. The minimum Gasteiger partial charge on any atom is -0.383 e. The van der Waals surface area contributed by atoms with Crippen LogP contribution in [0.2, 0.25) is 0 Å². The molecule has 0 aliphatic carbocycles. The average molecular weight is 254 g/mol. The summed E-state index contributed by atoms with van der Waals surface area (Å²) < 4.78 is 0. The van der Waals surface area contributed by atoms with Gasteiger partial charge in [0, 0.05) is 5.39 Å². The van der Waals surface area contributed by atoms with Crippen molar-refractivity contribution in [3.63, 3.8) is 0 Å². The predicted molar refractivity (Wildman–Crippen MR) is 83.3 cm³/mol. The van der Waals surface area contributed by atoms with Gasteiger partial charge in [0.25, 0.3) is 0 Å². The van der Waals surface area contributed by atoms with Gasteiger partial charge in [-0.1, -0.05) is 44.0 Å². The number of hydrogen-bond donors (Lipinski definition) is 1. The Morgan fingerprint density at radius 1 is 1.21 bits per heavy atom. The van der Waals surface area contributed by atoms with Crippen LogP contribution in [0, 0.1) is 0 Å². The number of fused-ring (bicyclic) bond motifs is 1. The lowest BCUT2D eigenvalue weighted by Gasteiger charge is -2.14. The topological polar surface area (TPSA) is 38.9 Å². The van der Waals surface area contributed by atoms with Gasteiger partial charge in [-0.2, -0.15) is 0 Å². The van der Waals surface area contributed by atoms with Gasteiger partial charge in [0.15, 0.2) is 0 Å². The van der Waals surface area contributed by atoms with Crippen molar-refractivity contribution in [1.29, 1.82) is 0 Å². The van der Waals surface area contributed by atoms with Crippen molar-refractivity contribution >= 4 is 16.7 Å². The molecule has 0 amide bonds. The third-order valence-corrected chi connectivity index (χ3v) is 3.52. The fraction of sp³-hybridized carbons (Fsp3) is 0.353. The smallest absolute Gasteiger partial charge is 0.127 e. The van der Waals surface area contributed by atoms with Crippen LogP contribution in [0.3, 0.4) is 0 Å². The number of aromatic nitrogens is 1. The van der Waals surface area contributed by atoms with Crippen molar-refractivity contribution in [3.8, 4) is 0 Å². The Bertz CT molecular complexity index is 573. The highest BCUT2D eigenvalue weighted by Crippen LogP contribution is 2.27. The molecule has 0 saturated heterocycles. The summed E-state index contributed by atoms with van der Waals surface area (Å²) in [6.07, 6.45) is 7.45. The fourth-order valence-corrected chi connectivity index (χ4v) is 2.55. The Hall–Kier alpha value is -1.83. The highest BCUT2D eigenvalue weighted by atomic mass is 14.8. The van der Waals surface area contributed by atoms with E-state index in [0.717, 1.165) is 18.4 Å². The van der Waals surface area contributed by atoms with E-state index in [1.807, 2.05) is 18.2 Å². The number of para-hydroxylation sites is 1. The number of nitrogens with two attached hydrogens (primary N) is 1. The van der Waals surface area contributed by atoms with Gasteiger partial charge in [0.2, 0.25) is 0 Å². The number of allylic oxidation sites excluding steroid dienone is 1. The van der Waals surface area contributed by atoms with Gasteiger partial charge in [-0.05, 0) is 36.5 Å². The maximum atomic E-state index is 6.15.